The Hall–Kier alpha value is -0.610. The summed E-state index contributed by atoms with van der Waals surface area (Å²) in [4.78, 5) is 13.2. The third kappa shape index (κ3) is 2.19. The summed E-state index contributed by atoms with van der Waals surface area (Å²) < 4.78 is 0. The number of likely N-dealkylation sites (tertiary alicyclic amines) is 1. The van der Waals surface area contributed by atoms with Crippen molar-refractivity contribution in [2.24, 2.45) is 11.7 Å². The van der Waals surface area contributed by atoms with Crippen molar-refractivity contribution in [3.8, 4) is 0 Å². The van der Waals surface area contributed by atoms with Crippen molar-refractivity contribution in [2.45, 2.75) is 25.8 Å². The van der Waals surface area contributed by atoms with Crippen molar-refractivity contribution in [2.75, 3.05) is 19.7 Å². The molecule has 1 amide bonds. The van der Waals surface area contributed by atoms with Gasteiger partial charge in [0.1, 0.15) is 0 Å². The second-order valence-electron chi connectivity index (χ2n) is 3.60. The fourth-order valence-electron chi connectivity index (χ4n) is 1.77. The summed E-state index contributed by atoms with van der Waals surface area (Å²) >= 11 is 0. The third-order valence-electron chi connectivity index (χ3n) is 2.69. The van der Waals surface area contributed by atoms with E-state index in [9.17, 15) is 4.79 Å². The summed E-state index contributed by atoms with van der Waals surface area (Å²) in [6.07, 6.45) is 1.35. The molecule has 0 aromatic rings. The highest BCUT2D eigenvalue weighted by Gasteiger charge is 2.32. The van der Waals surface area contributed by atoms with Gasteiger partial charge in [-0.3, -0.25) is 4.79 Å². The van der Waals surface area contributed by atoms with E-state index >= 15 is 0 Å². The van der Waals surface area contributed by atoms with E-state index in [1.165, 1.54) is 0 Å². The fraction of sp³-hybridized carbons (Fsp3) is 0.889. The molecule has 4 heteroatoms. The van der Waals surface area contributed by atoms with Crippen LogP contribution >= 0.6 is 0 Å². The van der Waals surface area contributed by atoms with Crippen LogP contribution in [0, 0.1) is 5.92 Å². The van der Waals surface area contributed by atoms with E-state index in [0.29, 0.717) is 19.5 Å². The van der Waals surface area contributed by atoms with Gasteiger partial charge in [-0.25, -0.2) is 0 Å². The number of amides is 1. The first kappa shape index (κ1) is 10.5. The van der Waals surface area contributed by atoms with Crippen LogP contribution in [0.15, 0.2) is 0 Å². The normalized spacial score (nSPS) is 25.3. The van der Waals surface area contributed by atoms with Crippen molar-refractivity contribution in [1.29, 1.82) is 0 Å². The molecule has 4 nitrogen and oxygen atoms in total. The number of carbonyl (C=O) groups is 1. The second kappa shape index (κ2) is 4.58. The number of carbonyl (C=O) groups excluding carboxylic acids is 1. The zero-order chi connectivity index (χ0) is 9.84. The Morgan fingerprint density at radius 1 is 1.77 bits per heavy atom. The molecule has 1 heterocycles. The molecule has 13 heavy (non-hydrogen) atoms. The van der Waals surface area contributed by atoms with Crippen molar-refractivity contribution in [1.82, 2.24) is 4.90 Å². The molecule has 1 fully saturated rings. The molecular weight excluding hydrogens is 168 g/mol. The quantitative estimate of drug-likeness (QED) is 0.625. The zero-order valence-electron chi connectivity index (χ0n) is 8.07. The van der Waals surface area contributed by atoms with E-state index in [2.05, 4.69) is 0 Å². The van der Waals surface area contributed by atoms with Gasteiger partial charge in [-0.15, -0.1) is 0 Å². The molecule has 2 atom stereocenters. The standard InChI is InChI=1S/C9H18N2O2/c1-2-8(6-12)11-5-7(4-10)3-9(11)13/h7-8,12H,2-6,10H2,1H3. The summed E-state index contributed by atoms with van der Waals surface area (Å²) in [6, 6.07) is -0.0101. The summed E-state index contributed by atoms with van der Waals surface area (Å²) in [5.41, 5.74) is 5.50. The number of nitrogens with two attached hydrogens (primary N) is 1. The van der Waals surface area contributed by atoms with Gasteiger partial charge in [-0.1, -0.05) is 6.92 Å². The Bertz CT molecular complexity index is 180. The van der Waals surface area contributed by atoms with Crippen LogP contribution in [0.1, 0.15) is 19.8 Å². The minimum atomic E-state index is -0.0101. The van der Waals surface area contributed by atoms with Crippen molar-refractivity contribution < 1.29 is 9.90 Å². The summed E-state index contributed by atoms with van der Waals surface area (Å²) in [5, 5.41) is 9.04. The zero-order valence-corrected chi connectivity index (χ0v) is 8.07. The van der Waals surface area contributed by atoms with Gasteiger partial charge in [-0.05, 0) is 18.9 Å². The number of aliphatic hydroxyl groups excluding tert-OH is 1. The molecule has 3 N–H and O–H groups in total. The predicted molar refractivity (Wildman–Crippen MR) is 50.0 cm³/mol. The molecule has 1 aliphatic rings. The van der Waals surface area contributed by atoms with Gasteiger partial charge in [-0.2, -0.15) is 0 Å². The Morgan fingerprint density at radius 2 is 2.46 bits per heavy atom. The minimum Gasteiger partial charge on any atom is -0.394 e. The number of hydrogen-bond donors (Lipinski definition) is 2. The minimum absolute atomic E-state index is 0.0101. The van der Waals surface area contributed by atoms with E-state index in [1.54, 1.807) is 4.90 Å². The number of rotatable bonds is 4. The maximum Gasteiger partial charge on any atom is 0.223 e. The average Bonchev–Trinajstić information content (AvgIpc) is 2.50. The fourth-order valence-corrected chi connectivity index (χ4v) is 1.77. The van der Waals surface area contributed by atoms with Crippen LogP contribution in [0.5, 0.6) is 0 Å². The Kier molecular flexibility index (Phi) is 3.69. The molecule has 2 unspecified atom stereocenters. The highest BCUT2D eigenvalue weighted by Crippen LogP contribution is 2.20. The first-order valence-corrected chi connectivity index (χ1v) is 4.83. The van der Waals surface area contributed by atoms with E-state index in [1.807, 2.05) is 6.92 Å². The summed E-state index contributed by atoms with van der Waals surface area (Å²) in [7, 11) is 0. The molecule has 0 bridgehead atoms. The van der Waals surface area contributed by atoms with Gasteiger partial charge in [0, 0.05) is 13.0 Å². The number of nitrogens with zero attached hydrogens (tertiary/aromatic N) is 1. The third-order valence-corrected chi connectivity index (χ3v) is 2.69. The first-order chi connectivity index (χ1) is 6.22. The van der Waals surface area contributed by atoms with Crippen molar-refractivity contribution in [3.05, 3.63) is 0 Å². The van der Waals surface area contributed by atoms with Crippen LogP contribution in [0.3, 0.4) is 0 Å². The van der Waals surface area contributed by atoms with Gasteiger partial charge < -0.3 is 15.7 Å². The molecule has 0 aliphatic carbocycles. The van der Waals surface area contributed by atoms with E-state index < -0.39 is 0 Å². The largest absolute Gasteiger partial charge is 0.394 e. The van der Waals surface area contributed by atoms with Crippen LogP contribution in [-0.2, 0) is 4.79 Å². The Labute approximate surface area is 78.7 Å². The van der Waals surface area contributed by atoms with Crippen LogP contribution < -0.4 is 5.73 Å². The van der Waals surface area contributed by atoms with E-state index in [4.69, 9.17) is 10.8 Å². The summed E-state index contributed by atoms with van der Waals surface area (Å²) in [5.74, 6) is 0.421. The molecule has 0 aromatic heterocycles. The lowest BCUT2D eigenvalue weighted by Crippen LogP contribution is -2.39. The molecule has 1 saturated heterocycles. The van der Waals surface area contributed by atoms with Gasteiger partial charge in [0.05, 0.1) is 12.6 Å². The molecule has 76 valence electrons. The molecular formula is C9H18N2O2. The van der Waals surface area contributed by atoms with Gasteiger partial charge in [0.15, 0.2) is 0 Å². The Balaban J connectivity index is 2.55. The monoisotopic (exact) mass is 186 g/mol. The Morgan fingerprint density at radius 3 is 2.85 bits per heavy atom. The van der Waals surface area contributed by atoms with E-state index in [-0.39, 0.29) is 24.5 Å². The van der Waals surface area contributed by atoms with Gasteiger partial charge >= 0.3 is 0 Å². The van der Waals surface area contributed by atoms with E-state index in [0.717, 1.165) is 6.42 Å². The lowest BCUT2D eigenvalue weighted by Gasteiger charge is -2.25. The highest BCUT2D eigenvalue weighted by atomic mass is 16.3. The molecule has 1 rings (SSSR count). The second-order valence-corrected chi connectivity index (χ2v) is 3.60. The predicted octanol–water partition coefficient (Wildman–Crippen LogP) is -0.435. The number of aliphatic hydroxyl groups is 1. The number of hydrogen-bond acceptors (Lipinski definition) is 3. The van der Waals surface area contributed by atoms with Crippen LogP contribution in [0.2, 0.25) is 0 Å². The SMILES string of the molecule is CCC(CO)N1CC(CN)CC1=O. The molecule has 0 aromatic carbocycles. The first-order valence-electron chi connectivity index (χ1n) is 4.83. The molecule has 1 aliphatic heterocycles. The topological polar surface area (TPSA) is 66.6 Å². The summed E-state index contributed by atoms with van der Waals surface area (Å²) in [6.45, 7) is 3.31. The van der Waals surface area contributed by atoms with Crippen LogP contribution in [0.4, 0.5) is 0 Å². The molecule has 0 saturated carbocycles. The average molecular weight is 186 g/mol. The highest BCUT2D eigenvalue weighted by molar-refractivity contribution is 5.79. The lowest BCUT2D eigenvalue weighted by atomic mass is 10.1. The smallest absolute Gasteiger partial charge is 0.223 e. The van der Waals surface area contributed by atoms with Crippen molar-refractivity contribution >= 4 is 5.91 Å². The maximum absolute atomic E-state index is 11.5. The lowest BCUT2D eigenvalue weighted by molar-refractivity contribution is -0.130. The molecule has 0 spiro atoms. The van der Waals surface area contributed by atoms with Gasteiger partial charge in [0.2, 0.25) is 5.91 Å². The van der Waals surface area contributed by atoms with Crippen LogP contribution in [0.25, 0.3) is 0 Å². The van der Waals surface area contributed by atoms with Crippen LogP contribution in [-0.4, -0.2) is 41.7 Å². The van der Waals surface area contributed by atoms with Gasteiger partial charge in [0.25, 0.3) is 0 Å². The molecule has 0 radical (unpaired) electrons. The van der Waals surface area contributed by atoms with Crippen molar-refractivity contribution in [3.63, 3.8) is 0 Å². The maximum atomic E-state index is 11.5.